The van der Waals surface area contributed by atoms with Crippen LogP contribution in [0.3, 0.4) is 0 Å². The summed E-state index contributed by atoms with van der Waals surface area (Å²) in [6.07, 6.45) is 3.95. The van der Waals surface area contributed by atoms with Gasteiger partial charge in [0.25, 0.3) is 5.91 Å². The van der Waals surface area contributed by atoms with E-state index in [0.717, 1.165) is 36.3 Å². The van der Waals surface area contributed by atoms with Crippen molar-refractivity contribution in [2.24, 2.45) is 0 Å². The molecule has 168 valence electrons. The molecule has 0 bridgehead atoms. The molecule has 1 fully saturated rings. The third-order valence-corrected chi connectivity index (χ3v) is 5.80. The molecule has 0 aliphatic carbocycles. The number of nitrogens with zero attached hydrogens (tertiary/aromatic N) is 6. The molecule has 4 rings (SSSR count). The van der Waals surface area contributed by atoms with Gasteiger partial charge in [-0.15, -0.1) is 5.10 Å². The second-order valence-corrected chi connectivity index (χ2v) is 8.28. The van der Waals surface area contributed by atoms with E-state index in [1.165, 1.54) is 0 Å². The van der Waals surface area contributed by atoms with Crippen LogP contribution in [0.5, 0.6) is 0 Å². The van der Waals surface area contributed by atoms with Crippen molar-refractivity contribution in [1.29, 1.82) is 0 Å². The van der Waals surface area contributed by atoms with Gasteiger partial charge in [0.15, 0.2) is 5.69 Å². The Balaban J connectivity index is 1.30. The maximum atomic E-state index is 12.8. The predicted molar refractivity (Wildman–Crippen MR) is 119 cm³/mol. The Morgan fingerprint density at radius 3 is 2.75 bits per heavy atom. The fraction of sp³-hybridized carbons (Fsp3) is 0.435. The quantitative estimate of drug-likeness (QED) is 0.584. The lowest BCUT2D eigenvalue weighted by Crippen LogP contribution is -2.38. The highest BCUT2D eigenvalue weighted by molar-refractivity contribution is 5.91. The Labute approximate surface area is 187 Å². The van der Waals surface area contributed by atoms with Gasteiger partial charge < -0.3 is 10.2 Å². The van der Waals surface area contributed by atoms with Gasteiger partial charge >= 0.3 is 0 Å². The first-order valence-corrected chi connectivity index (χ1v) is 11.0. The molecule has 0 radical (unpaired) electrons. The molecular weight excluding hydrogens is 406 g/mol. The van der Waals surface area contributed by atoms with Gasteiger partial charge in [-0.25, -0.2) is 4.68 Å². The zero-order valence-electron chi connectivity index (χ0n) is 18.6. The Hall–Kier alpha value is -3.49. The molecule has 2 amide bonds. The van der Waals surface area contributed by atoms with E-state index >= 15 is 0 Å². The molecule has 1 unspecified atom stereocenters. The molecule has 0 saturated carbocycles. The maximum absolute atomic E-state index is 12.8. The highest BCUT2D eigenvalue weighted by Gasteiger charge is 2.29. The lowest BCUT2D eigenvalue weighted by molar-refractivity contribution is -0.132. The standard InChI is InChI=1S/C23H29N7O2/c1-17-13-18(2)30(26-17)12-10-22(31)29-11-6-9-20(29)15-28-16-21(25-27-28)23(32)24-14-19-7-4-3-5-8-19/h3-5,7-8,13,16,20H,6,9-12,14-15H2,1-2H3,(H,24,32). The van der Waals surface area contributed by atoms with Crippen LogP contribution in [0.1, 0.15) is 46.7 Å². The summed E-state index contributed by atoms with van der Waals surface area (Å²) in [5, 5.41) is 15.4. The first-order valence-electron chi connectivity index (χ1n) is 11.0. The van der Waals surface area contributed by atoms with Gasteiger partial charge in [0, 0.05) is 31.7 Å². The minimum Gasteiger partial charge on any atom is -0.347 e. The molecule has 1 aromatic carbocycles. The molecule has 3 aromatic rings. The van der Waals surface area contributed by atoms with Gasteiger partial charge in [-0.2, -0.15) is 5.10 Å². The third kappa shape index (κ3) is 5.22. The van der Waals surface area contributed by atoms with Gasteiger partial charge in [0.2, 0.25) is 5.91 Å². The molecule has 1 aliphatic rings. The van der Waals surface area contributed by atoms with Crippen LogP contribution < -0.4 is 5.32 Å². The zero-order chi connectivity index (χ0) is 22.5. The molecule has 0 spiro atoms. The van der Waals surface area contributed by atoms with Gasteiger partial charge in [0.1, 0.15) is 0 Å². The number of rotatable bonds is 8. The second-order valence-electron chi connectivity index (χ2n) is 8.28. The summed E-state index contributed by atoms with van der Waals surface area (Å²) in [6.45, 7) is 6.26. The fourth-order valence-electron chi connectivity index (χ4n) is 4.18. The fourth-order valence-corrected chi connectivity index (χ4v) is 4.18. The Kier molecular flexibility index (Phi) is 6.63. The first-order chi connectivity index (χ1) is 15.5. The molecular formula is C23H29N7O2. The average Bonchev–Trinajstić information content (AvgIpc) is 3.52. The smallest absolute Gasteiger partial charge is 0.273 e. The van der Waals surface area contributed by atoms with E-state index in [4.69, 9.17) is 0 Å². The van der Waals surface area contributed by atoms with Crippen LogP contribution >= 0.6 is 0 Å². The summed E-state index contributed by atoms with van der Waals surface area (Å²) in [5.41, 5.74) is 3.33. The number of carbonyl (C=O) groups excluding carboxylic acids is 2. The average molecular weight is 436 g/mol. The number of aryl methyl sites for hydroxylation is 3. The van der Waals surface area contributed by atoms with Crippen LogP contribution in [0, 0.1) is 13.8 Å². The number of aromatic nitrogens is 5. The molecule has 9 nitrogen and oxygen atoms in total. The molecule has 1 N–H and O–H groups in total. The Bertz CT molecular complexity index is 1070. The van der Waals surface area contributed by atoms with Crippen LogP contribution in [0.4, 0.5) is 0 Å². The maximum Gasteiger partial charge on any atom is 0.273 e. The first kappa shape index (κ1) is 21.7. The van der Waals surface area contributed by atoms with Crippen LogP contribution in [-0.2, 0) is 24.4 Å². The number of nitrogens with one attached hydrogen (secondary N) is 1. The lowest BCUT2D eigenvalue weighted by Gasteiger charge is -2.24. The summed E-state index contributed by atoms with van der Waals surface area (Å²) in [7, 11) is 0. The number of hydrogen-bond donors (Lipinski definition) is 1. The SMILES string of the molecule is Cc1cc(C)n(CCC(=O)N2CCCC2Cn2cc(C(=O)NCc3ccccc3)nn2)n1. The Morgan fingerprint density at radius 2 is 2.00 bits per heavy atom. The summed E-state index contributed by atoms with van der Waals surface area (Å²) in [6, 6.07) is 11.8. The minimum absolute atomic E-state index is 0.0601. The van der Waals surface area contributed by atoms with E-state index in [0.29, 0.717) is 26.1 Å². The van der Waals surface area contributed by atoms with Crippen LogP contribution in [-0.4, -0.2) is 54.1 Å². The second kappa shape index (κ2) is 9.76. The van der Waals surface area contributed by atoms with Crippen molar-refractivity contribution in [1.82, 2.24) is 35.0 Å². The van der Waals surface area contributed by atoms with Crippen molar-refractivity contribution in [3.63, 3.8) is 0 Å². The van der Waals surface area contributed by atoms with E-state index in [9.17, 15) is 9.59 Å². The van der Waals surface area contributed by atoms with Crippen molar-refractivity contribution in [2.45, 2.75) is 58.8 Å². The van der Waals surface area contributed by atoms with E-state index in [-0.39, 0.29) is 23.6 Å². The van der Waals surface area contributed by atoms with Gasteiger partial charge in [0.05, 0.1) is 24.5 Å². The van der Waals surface area contributed by atoms with E-state index < -0.39 is 0 Å². The number of carbonyl (C=O) groups is 2. The molecule has 1 atom stereocenters. The van der Waals surface area contributed by atoms with Crippen molar-refractivity contribution in [3.05, 3.63) is 65.2 Å². The Morgan fingerprint density at radius 1 is 1.19 bits per heavy atom. The normalized spacial score (nSPS) is 15.8. The minimum atomic E-state index is -0.260. The van der Waals surface area contributed by atoms with Gasteiger partial charge in [-0.3, -0.25) is 14.3 Å². The molecule has 1 aliphatic heterocycles. The highest BCUT2D eigenvalue weighted by Crippen LogP contribution is 2.20. The lowest BCUT2D eigenvalue weighted by atomic mass is 10.2. The van der Waals surface area contributed by atoms with Crippen molar-refractivity contribution in [2.75, 3.05) is 6.54 Å². The summed E-state index contributed by atoms with van der Waals surface area (Å²) in [4.78, 5) is 27.2. The van der Waals surface area contributed by atoms with Crippen LogP contribution in [0.15, 0.2) is 42.6 Å². The number of likely N-dealkylation sites (tertiary alicyclic amines) is 1. The zero-order valence-corrected chi connectivity index (χ0v) is 18.6. The molecule has 1 saturated heterocycles. The van der Waals surface area contributed by atoms with Crippen molar-refractivity contribution in [3.8, 4) is 0 Å². The number of amides is 2. The molecule has 32 heavy (non-hydrogen) atoms. The monoisotopic (exact) mass is 435 g/mol. The largest absolute Gasteiger partial charge is 0.347 e. The van der Waals surface area contributed by atoms with Crippen molar-refractivity contribution >= 4 is 11.8 Å². The summed E-state index contributed by atoms with van der Waals surface area (Å²) < 4.78 is 3.55. The number of hydrogen-bond acceptors (Lipinski definition) is 5. The molecule has 2 aromatic heterocycles. The van der Waals surface area contributed by atoms with E-state index in [1.54, 1.807) is 10.9 Å². The van der Waals surface area contributed by atoms with Gasteiger partial charge in [-0.1, -0.05) is 35.5 Å². The van der Waals surface area contributed by atoms with Crippen LogP contribution in [0.2, 0.25) is 0 Å². The molecule has 3 heterocycles. The summed E-state index contributed by atoms with van der Waals surface area (Å²) >= 11 is 0. The topological polar surface area (TPSA) is 97.9 Å². The molecule has 9 heteroatoms. The third-order valence-electron chi connectivity index (χ3n) is 5.80. The highest BCUT2D eigenvalue weighted by atomic mass is 16.2. The van der Waals surface area contributed by atoms with Gasteiger partial charge in [-0.05, 0) is 38.3 Å². The number of benzene rings is 1. The summed E-state index contributed by atoms with van der Waals surface area (Å²) in [5.74, 6) is -0.134. The predicted octanol–water partition coefficient (Wildman–Crippen LogP) is 2.10. The van der Waals surface area contributed by atoms with E-state index in [2.05, 4.69) is 20.7 Å². The van der Waals surface area contributed by atoms with E-state index in [1.807, 2.05) is 59.8 Å². The van der Waals surface area contributed by atoms with Crippen LogP contribution in [0.25, 0.3) is 0 Å². The van der Waals surface area contributed by atoms with Crippen molar-refractivity contribution < 1.29 is 9.59 Å².